The van der Waals surface area contributed by atoms with Crippen LogP contribution < -0.4 is 16.0 Å². The van der Waals surface area contributed by atoms with E-state index in [2.05, 4.69) is 10.3 Å². The first kappa shape index (κ1) is 14.4. The Labute approximate surface area is 108 Å². The van der Waals surface area contributed by atoms with E-state index in [0.717, 1.165) is 5.82 Å². The van der Waals surface area contributed by atoms with Crippen LogP contribution in [0.4, 0.5) is 11.5 Å². The molecule has 5 heteroatoms. The second kappa shape index (κ2) is 6.35. The average molecular weight is 250 g/mol. The molecule has 0 aliphatic carbocycles. The molecule has 1 heterocycles. The van der Waals surface area contributed by atoms with Gasteiger partial charge in [-0.2, -0.15) is 0 Å². The van der Waals surface area contributed by atoms with Crippen LogP contribution in [0.5, 0.6) is 0 Å². The van der Waals surface area contributed by atoms with Gasteiger partial charge in [0.15, 0.2) is 5.82 Å². The van der Waals surface area contributed by atoms with Crippen molar-refractivity contribution < 1.29 is 4.79 Å². The van der Waals surface area contributed by atoms with Gasteiger partial charge in [-0.05, 0) is 24.5 Å². The molecule has 1 rings (SSSR count). The molecule has 0 unspecified atom stereocenters. The number of carbonyl (C=O) groups excluding carboxylic acids is 1. The van der Waals surface area contributed by atoms with Crippen LogP contribution in [0.3, 0.4) is 0 Å². The molecule has 1 amide bonds. The summed E-state index contributed by atoms with van der Waals surface area (Å²) in [4.78, 5) is 18.0. The fraction of sp³-hybridized carbons (Fsp3) is 0.538. The highest BCUT2D eigenvalue weighted by Gasteiger charge is 2.17. The fourth-order valence-electron chi connectivity index (χ4n) is 1.69. The molecule has 0 fully saturated rings. The summed E-state index contributed by atoms with van der Waals surface area (Å²) in [5, 5.41) is 2.83. The Morgan fingerprint density at radius 2 is 2.17 bits per heavy atom. The Bertz CT molecular complexity index is 404. The van der Waals surface area contributed by atoms with Crippen LogP contribution in [0.15, 0.2) is 18.3 Å². The molecule has 0 saturated heterocycles. The molecule has 1 aromatic rings. The van der Waals surface area contributed by atoms with Gasteiger partial charge in [-0.1, -0.05) is 13.8 Å². The maximum absolute atomic E-state index is 11.9. The number of hydrogen-bond donors (Lipinski definition) is 2. The van der Waals surface area contributed by atoms with Crippen LogP contribution in [0, 0.1) is 5.92 Å². The van der Waals surface area contributed by atoms with Crippen LogP contribution in [0.25, 0.3) is 0 Å². The van der Waals surface area contributed by atoms with E-state index in [1.54, 1.807) is 12.3 Å². The second-order valence-electron chi connectivity index (χ2n) is 4.99. The van der Waals surface area contributed by atoms with Crippen molar-refractivity contribution in [2.75, 3.05) is 24.3 Å². The number of aromatic nitrogens is 1. The van der Waals surface area contributed by atoms with Gasteiger partial charge in [0.1, 0.15) is 0 Å². The van der Waals surface area contributed by atoms with E-state index in [4.69, 9.17) is 5.73 Å². The fourth-order valence-corrected chi connectivity index (χ4v) is 1.69. The third-order valence-electron chi connectivity index (χ3n) is 2.53. The average Bonchev–Trinajstić information content (AvgIpc) is 2.28. The molecule has 0 bridgehead atoms. The second-order valence-corrected chi connectivity index (χ2v) is 4.99. The van der Waals surface area contributed by atoms with E-state index < -0.39 is 6.04 Å². The van der Waals surface area contributed by atoms with Crippen molar-refractivity contribution in [3.63, 3.8) is 0 Å². The molecule has 1 atom stereocenters. The molecule has 18 heavy (non-hydrogen) atoms. The van der Waals surface area contributed by atoms with Gasteiger partial charge in [0.2, 0.25) is 5.91 Å². The Morgan fingerprint density at radius 1 is 1.50 bits per heavy atom. The van der Waals surface area contributed by atoms with E-state index >= 15 is 0 Å². The Kier molecular flexibility index (Phi) is 5.09. The third-order valence-corrected chi connectivity index (χ3v) is 2.53. The molecular formula is C13H22N4O. The normalized spacial score (nSPS) is 12.3. The number of pyridine rings is 1. The lowest BCUT2D eigenvalue weighted by Gasteiger charge is -2.18. The first-order valence-corrected chi connectivity index (χ1v) is 6.10. The number of anilines is 2. The third kappa shape index (κ3) is 4.00. The van der Waals surface area contributed by atoms with Crippen molar-refractivity contribution >= 4 is 17.4 Å². The minimum Gasteiger partial charge on any atom is -0.361 e. The maximum atomic E-state index is 11.9. The molecular weight excluding hydrogens is 228 g/mol. The van der Waals surface area contributed by atoms with Crippen molar-refractivity contribution in [2.45, 2.75) is 26.3 Å². The number of nitrogens with two attached hydrogens (primary N) is 1. The summed E-state index contributed by atoms with van der Waals surface area (Å²) < 4.78 is 0. The number of carbonyl (C=O) groups is 1. The summed E-state index contributed by atoms with van der Waals surface area (Å²) in [6, 6.07) is 3.12. The number of nitrogens with one attached hydrogen (secondary N) is 1. The van der Waals surface area contributed by atoms with E-state index in [1.165, 1.54) is 0 Å². The monoisotopic (exact) mass is 250 g/mol. The predicted octanol–water partition coefficient (Wildman–Crippen LogP) is 1.46. The van der Waals surface area contributed by atoms with Gasteiger partial charge in [0.05, 0.1) is 11.7 Å². The summed E-state index contributed by atoms with van der Waals surface area (Å²) in [5.41, 5.74) is 6.53. The Hall–Kier alpha value is -1.62. The van der Waals surface area contributed by atoms with Crippen LogP contribution >= 0.6 is 0 Å². The molecule has 0 spiro atoms. The summed E-state index contributed by atoms with van der Waals surface area (Å²) >= 11 is 0. The predicted molar refractivity (Wildman–Crippen MR) is 74.6 cm³/mol. The molecule has 0 aliphatic heterocycles. The van der Waals surface area contributed by atoms with E-state index in [-0.39, 0.29) is 5.91 Å². The topological polar surface area (TPSA) is 71.2 Å². The van der Waals surface area contributed by atoms with Crippen LogP contribution in [-0.2, 0) is 4.79 Å². The van der Waals surface area contributed by atoms with Crippen molar-refractivity contribution in [1.82, 2.24) is 4.98 Å². The Balaban J connectivity index is 2.75. The summed E-state index contributed by atoms with van der Waals surface area (Å²) in [6.45, 7) is 4.09. The quantitative estimate of drug-likeness (QED) is 0.830. The van der Waals surface area contributed by atoms with Gasteiger partial charge in [-0.3, -0.25) is 4.79 Å². The van der Waals surface area contributed by atoms with Crippen LogP contribution in [-0.4, -0.2) is 31.0 Å². The minimum absolute atomic E-state index is 0.167. The molecule has 100 valence electrons. The Morgan fingerprint density at radius 3 is 2.72 bits per heavy atom. The molecule has 5 nitrogen and oxygen atoms in total. The van der Waals surface area contributed by atoms with Gasteiger partial charge >= 0.3 is 0 Å². The number of hydrogen-bond acceptors (Lipinski definition) is 4. The summed E-state index contributed by atoms with van der Waals surface area (Å²) in [7, 11) is 3.76. The van der Waals surface area contributed by atoms with Crippen molar-refractivity contribution in [3.8, 4) is 0 Å². The van der Waals surface area contributed by atoms with Crippen molar-refractivity contribution in [2.24, 2.45) is 11.7 Å². The van der Waals surface area contributed by atoms with Crippen LogP contribution in [0.2, 0.25) is 0 Å². The van der Waals surface area contributed by atoms with E-state index in [1.807, 2.05) is 38.9 Å². The van der Waals surface area contributed by atoms with Gasteiger partial charge in [-0.25, -0.2) is 4.98 Å². The van der Waals surface area contributed by atoms with Crippen molar-refractivity contribution in [3.05, 3.63) is 18.3 Å². The number of nitrogens with zero attached hydrogens (tertiary/aromatic N) is 2. The molecule has 0 radical (unpaired) electrons. The van der Waals surface area contributed by atoms with Gasteiger partial charge in [-0.15, -0.1) is 0 Å². The minimum atomic E-state index is -0.486. The highest BCUT2D eigenvalue weighted by Crippen LogP contribution is 2.20. The zero-order valence-electron chi connectivity index (χ0n) is 11.5. The largest absolute Gasteiger partial charge is 0.361 e. The lowest BCUT2D eigenvalue weighted by Crippen LogP contribution is -2.37. The summed E-state index contributed by atoms with van der Waals surface area (Å²) in [6.07, 6.45) is 2.36. The number of amides is 1. The smallest absolute Gasteiger partial charge is 0.241 e. The van der Waals surface area contributed by atoms with Gasteiger partial charge in [0.25, 0.3) is 0 Å². The highest BCUT2D eigenvalue weighted by molar-refractivity contribution is 5.96. The molecule has 1 aromatic heterocycles. The first-order chi connectivity index (χ1) is 8.41. The lowest BCUT2D eigenvalue weighted by molar-refractivity contribution is -0.117. The van der Waals surface area contributed by atoms with E-state index in [9.17, 15) is 4.79 Å². The highest BCUT2D eigenvalue weighted by atomic mass is 16.2. The molecule has 0 aliphatic rings. The first-order valence-electron chi connectivity index (χ1n) is 6.10. The molecule has 0 saturated carbocycles. The molecule has 3 N–H and O–H groups in total. The zero-order chi connectivity index (χ0) is 13.7. The van der Waals surface area contributed by atoms with Crippen LogP contribution in [0.1, 0.15) is 20.3 Å². The molecule has 0 aromatic carbocycles. The SMILES string of the molecule is CC(C)C[C@H](N)C(=O)Nc1cccnc1N(C)C. The standard InChI is InChI=1S/C13H22N4O/c1-9(2)8-10(14)13(18)16-11-6-5-7-15-12(11)17(3)4/h5-7,9-10H,8,14H2,1-4H3,(H,16,18)/t10-/m0/s1. The lowest BCUT2D eigenvalue weighted by atomic mass is 10.0. The van der Waals surface area contributed by atoms with E-state index in [0.29, 0.717) is 18.0 Å². The maximum Gasteiger partial charge on any atom is 0.241 e. The van der Waals surface area contributed by atoms with Gasteiger partial charge < -0.3 is 16.0 Å². The van der Waals surface area contributed by atoms with Gasteiger partial charge in [0, 0.05) is 20.3 Å². The zero-order valence-corrected chi connectivity index (χ0v) is 11.5. The number of rotatable bonds is 5. The van der Waals surface area contributed by atoms with Crippen molar-refractivity contribution in [1.29, 1.82) is 0 Å². The summed E-state index contributed by atoms with van der Waals surface area (Å²) in [5.74, 6) is 0.954.